The summed E-state index contributed by atoms with van der Waals surface area (Å²) >= 11 is 0. The van der Waals surface area contributed by atoms with Crippen LogP contribution < -0.4 is 10.5 Å². The Hall–Kier alpha value is -2.59. The van der Waals surface area contributed by atoms with Gasteiger partial charge >= 0.3 is 0 Å². The molecule has 0 bridgehead atoms. The second kappa shape index (κ2) is 7.34. The summed E-state index contributed by atoms with van der Waals surface area (Å²) in [5.41, 5.74) is 4.37. The van der Waals surface area contributed by atoms with Crippen molar-refractivity contribution in [1.29, 1.82) is 0 Å². The number of fused-ring (bicyclic) bond motifs is 1. The third kappa shape index (κ3) is 3.51. The number of H-pyrrole nitrogens is 1. The van der Waals surface area contributed by atoms with Crippen LogP contribution in [0.3, 0.4) is 0 Å². The molecule has 1 fully saturated rings. The van der Waals surface area contributed by atoms with E-state index >= 15 is 0 Å². The number of nitrogens with one attached hydrogen (secondary N) is 1. The molecule has 134 valence electrons. The fraction of sp³-hybridized carbons (Fsp3) is 0.318. The van der Waals surface area contributed by atoms with E-state index < -0.39 is 0 Å². The first-order valence-electron chi connectivity index (χ1n) is 9.33. The van der Waals surface area contributed by atoms with Gasteiger partial charge in [0.2, 0.25) is 0 Å². The maximum Gasteiger partial charge on any atom is 0.252 e. The molecule has 4 nitrogen and oxygen atoms in total. The largest absolute Gasteiger partial charge is 0.371 e. The number of aromatic amines is 1. The SMILES string of the molecule is CN(Cc1ccccc1N1CCCC1)Cc1cc2ccccc2[nH]c1=O. The number of aromatic nitrogens is 1. The summed E-state index contributed by atoms with van der Waals surface area (Å²) in [6.07, 6.45) is 2.55. The van der Waals surface area contributed by atoms with Gasteiger partial charge in [-0.2, -0.15) is 0 Å². The fourth-order valence-corrected chi connectivity index (χ4v) is 3.86. The van der Waals surface area contributed by atoms with Gasteiger partial charge in [0.05, 0.1) is 0 Å². The molecular formula is C22H25N3O. The molecule has 0 spiro atoms. The Bertz CT molecular complexity index is 957. The van der Waals surface area contributed by atoms with Crippen LogP contribution in [0.4, 0.5) is 5.69 Å². The average molecular weight is 347 g/mol. The lowest BCUT2D eigenvalue weighted by atomic mass is 10.1. The molecule has 1 aliphatic heterocycles. The van der Waals surface area contributed by atoms with Crippen LogP contribution in [-0.2, 0) is 13.1 Å². The van der Waals surface area contributed by atoms with E-state index in [0.717, 1.165) is 36.1 Å². The number of pyridine rings is 1. The number of benzene rings is 2. The zero-order valence-electron chi connectivity index (χ0n) is 15.2. The van der Waals surface area contributed by atoms with Gasteiger partial charge in [-0.25, -0.2) is 0 Å². The smallest absolute Gasteiger partial charge is 0.252 e. The standard InChI is InChI=1S/C22H25N3O/c1-24(15-18-9-3-5-11-21(18)25-12-6-7-13-25)16-19-14-17-8-2-4-10-20(17)23-22(19)26/h2-5,8-11,14H,6-7,12-13,15-16H2,1H3,(H,23,26). The third-order valence-corrected chi connectivity index (χ3v) is 5.15. The van der Waals surface area contributed by atoms with Crippen molar-refractivity contribution < 1.29 is 0 Å². The van der Waals surface area contributed by atoms with Gasteiger partial charge in [-0.1, -0.05) is 36.4 Å². The number of hydrogen-bond acceptors (Lipinski definition) is 3. The quantitative estimate of drug-likeness (QED) is 0.764. The Morgan fingerprint density at radius 1 is 0.962 bits per heavy atom. The van der Waals surface area contributed by atoms with Crippen LogP contribution >= 0.6 is 0 Å². The van der Waals surface area contributed by atoms with E-state index in [-0.39, 0.29) is 5.56 Å². The summed E-state index contributed by atoms with van der Waals surface area (Å²) in [6, 6.07) is 18.6. The molecule has 0 unspecified atom stereocenters. The zero-order chi connectivity index (χ0) is 17.9. The van der Waals surface area contributed by atoms with Crippen molar-refractivity contribution >= 4 is 16.6 Å². The summed E-state index contributed by atoms with van der Waals surface area (Å²) in [4.78, 5) is 20.1. The van der Waals surface area contributed by atoms with Crippen LogP contribution in [0.5, 0.6) is 0 Å². The van der Waals surface area contributed by atoms with E-state index in [4.69, 9.17) is 0 Å². The highest BCUT2D eigenvalue weighted by Gasteiger charge is 2.16. The van der Waals surface area contributed by atoms with Gasteiger partial charge in [0.1, 0.15) is 0 Å². The molecule has 2 heterocycles. The average Bonchev–Trinajstić information content (AvgIpc) is 3.17. The molecule has 3 aromatic rings. The molecule has 0 aliphatic carbocycles. The molecule has 0 amide bonds. The van der Waals surface area contributed by atoms with Crippen molar-refractivity contribution in [2.45, 2.75) is 25.9 Å². The minimum absolute atomic E-state index is 0.00313. The number of hydrogen-bond donors (Lipinski definition) is 1. The van der Waals surface area contributed by atoms with Gasteiger partial charge < -0.3 is 9.88 Å². The minimum atomic E-state index is 0.00313. The Balaban J connectivity index is 1.54. The van der Waals surface area contributed by atoms with Gasteiger partial charge in [0.25, 0.3) is 5.56 Å². The topological polar surface area (TPSA) is 39.3 Å². The van der Waals surface area contributed by atoms with Crippen molar-refractivity contribution in [2.75, 3.05) is 25.0 Å². The lowest BCUT2D eigenvalue weighted by molar-refractivity contribution is 0.318. The molecule has 1 aliphatic rings. The van der Waals surface area contributed by atoms with Crippen LogP contribution in [0, 0.1) is 0 Å². The van der Waals surface area contributed by atoms with E-state index in [9.17, 15) is 4.79 Å². The molecule has 4 heteroatoms. The summed E-state index contributed by atoms with van der Waals surface area (Å²) in [6.45, 7) is 3.75. The number of para-hydroxylation sites is 2. The lowest BCUT2D eigenvalue weighted by Crippen LogP contribution is -2.25. The van der Waals surface area contributed by atoms with Crippen molar-refractivity contribution in [2.24, 2.45) is 0 Å². The molecule has 1 aromatic heterocycles. The minimum Gasteiger partial charge on any atom is -0.371 e. The molecule has 0 atom stereocenters. The van der Waals surface area contributed by atoms with Gasteiger partial charge in [-0.15, -0.1) is 0 Å². The summed E-state index contributed by atoms with van der Waals surface area (Å²) in [5.74, 6) is 0. The van der Waals surface area contributed by atoms with Gasteiger partial charge in [-0.05, 0) is 49.0 Å². The first-order valence-corrected chi connectivity index (χ1v) is 9.33. The summed E-state index contributed by atoms with van der Waals surface area (Å²) in [7, 11) is 2.08. The summed E-state index contributed by atoms with van der Waals surface area (Å²) < 4.78 is 0. The second-order valence-corrected chi connectivity index (χ2v) is 7.21. The molecule has 0 saturated carbocycles. The Labute approximate surface area is 154 Å². The first-order chi connectivity index (χ1) is 12.7. The van der Waals surface area contributed by atoms with E-state index in [1.165, 1.54) is 24.1 Å². The monoisotopic (exact) mass is 347 g/mol. The van der Waals surface area contributed by atoms with E-state index in [1.807, 2.05) is 30.3 Å². The fourth-order valence-electron chi connectivity index (χ4n) is 3.86. The molecule has 4 rings (SSSR count). The van der Waals surface area contributed by atoms with Crippen LogP contribution in [0.15, 0.2) is 59.4 Å². The number of rotatable bonds is 5. The Morgan fingerprint density at radius 3 is 2.50 bits per heavy atom. The van der Waals surface area contributed by atoms with Gasteiger partial charge in [0.15, 0.2) is 0 Å². The maximum atomic E-state index is 12.4. The lowest BCUT2D eigenvalue weighted by Gasteiger charge is -2.24. The van der Waals surface area contributed by atoms with Crippen LogP contribution in [-0.4, -0.2) is 30.0 Å². The molecule has 26 heavy (non-hydrogen) atoms. The van der Waals surface area contributed by atoms with Crippen LogP contribution in [0.2, 0.25) is 0 Å². The van der Waals surface area contributed by atoms with E-state index in [0.29, 0.717) is 6.54 Å². The number of nitrogens with zero attached hydrogens (tertiary/aromatic N) is 2. The van der Waals surface area contributed by atoms with Crippen molar-refractivity contribution in [3.05, 3.63) is 76.1 Å². The predicted molar refractivity (Wildman–Crippen MR) is 108 cm³/mol. The first kappa shape index (κ1) is 16.9. The van der Waals surface area contributed by atoms with Crippen molar-refractivity contribution in [1.82, 2.24) is 9.88 Å². The van der Waals surface area contributed by atoms with Crippen LogP contribution in [0.1, 0.15) is 24.0 Å². The number of anilines is 1. The highest BCUT2D eigenvalue weighted by molar-refractivity contribution is 5.78. The van der Waals surface area contributed by atoms with Crippen molar-refractivity contribution in [3.63, 3.8) is 0 Å². The highest BCUT2D eigenvalue weighted by atomic mass is 16.1. The van der Waals surface area contributed by atoms with Crippen LogP contribution in [0.25, 0.3) is 10.9 Å². The molecule has 1 N–H and O–H groups in total. The van der Waals surface area contributed by atoms with Gasteiger partial charge in [-0.3, -0.25) is 9.69 Å². The normalized spacial score (nSPS) is 14.5. The molecule has 0 radical (unpaired) electrons. The van der Waals surface area contributed by atoms with Crippen molar-refractivity contribution in [3.8, 4) is 0 Å². The predicted octanol–water partition coefficient (Wildman–Crippen LogP) is 3.76. The highest BCUT2D eigenvalue weighted by Crippen LogP contribution is 2.25. The van der Waals surface area contributed by atoms with E-state index in [1.54, 1.807) is 0 Å². The molecule has 1 saturated heterocycles. The Kier molecular flexibility index (Phi) is 4.76. The van der Waals surface area contributed by atoms with E-state index in [2.05, 4.69) is 46.1 Å². The third-order valence-electron chi connectivity index (χ3n) is 5.15. The Morgan fingerprint density at radius 2 is 1.65 bits per heavy atom. The zero-order valence-corrected chi connectivity index (χ0v) is 15.2. The molecule has 2 aromatic carbocycles. The summed E-state index contributed by atoms with van der Waals surface area (Å²) in [5, 5.41) is 1.08. The maximum absolute atomic E-state index is 12.4. The van der Waals surface area contributed by atoms with Gasteiger partial charge in [0, 0.05) is 42.9 Å². The second-order valence-electron chi connectivity index (χ2n) is 7.21. The molecular weight excluding hydrogens is 322 g/mol.